The summed E-state index contributed by atoms with van der Waals surface area (Å²) < 4.78 is 0. The number of hydrogen-bond donors (Lipinski definition) is 1. The van der Waals surface area contributed by atoms with Gasteiger partial charge in [0, 0.05) is 18.9 Å². The molecule has 1 N–H and O–H groups in total. The van der Waals surface area contributed by atoms with E-state index in [-0.39, 0.29) is 23.5 Å². The molecule has 2 amide bonds. The van der Waals surface area contributed by atoms with E-state index in [0.717, 1.165) is 4.90 Å². The second-order valence-electron chi connectivity index (χ2n) is 4.43. The third kappa shape index (κ3) is 2.08. The Kier molecular flexibility index (Phi) is 2.84. The molecular weight excluding hydrogens is 270 g/mol. The number of hydrogen-bond acceptors (Lipinski definition) is 6. The van der Waals surface area contributed by atoms with Crippen LogP contribution in [0, 0.1) is 11.3 Å². The van der Waals surface area contributed by atoms with Crippen LogP contribution in [0.2, 0.25) is 0 Å². The van der Waals surface area contributed by atoms with Crippen LogP contribution in [0.25, 0.3) is 0 Å². The number of rotatable bonds is 2. The molecule has 7 heteroatoms. The fraction of sp³-hybridized carbons (Fsp3) is 0.0714. The molecule has 0 unspecified atom stereocenters. The maximum atomic E-state index is 11.9. The Balaban J connectivity index is 1.94. The Hall–Kier alpha value is -3.27. The Labute approximate surface area is 119 Å². The van der Waals surface area contributed by atoms with E-state index in [1.54, 1.807) is 18.2 Å². The number of nitrogens with one attached hydrogen (secondary N) is 1. The number of anilines is 2. The van der Waals surface area contributed by atoms with Crippen molar-refractivity contribution in [2.45, 2.75) is 0 Å². The van der Waals surface area contributed by atoms with E-state index >= 15 is 0 Å². The van der Waals surface area contributed by atoms with Crippen LogP contribution in [0.1, 0.15) is 26.4 Å². The summed E-state index contributed by atoms with van der Waals surface area (Å²) in [5, 5.41) is 11.7. The topological polar surface area (TPSA) is 99.0 Å². The van der Waals surface area contributed by atoms with Crippen LogP contribution in [0.3, 0.4) is 0 Å². The molecule has 0 bridgehead atoms. The average Bonchev–Trinajstić information content (AvgIpc) is 2.72. The second-order valence-corrected chi connectivity index (χ2v) is 4.43. The largest absolute Gasteiger partial charge is 0.324 e. The van der Waals surface area contributed by atoms with E-state index in [2.05, 4.69) is 15.3 Å². The lowest BCUT2D eigenvalue weighted by Crippen LogP contribution is -2.24. The summed E-state index contributed by atoms with van der Waals surface area (Å²) in [4.78, 5) is 32.7. The molecule has 0 fully saturated rings. The molecule has 0 aliphatic carbocycles. The quantitative estimate of drug-likeness (QED) is 0.832. The Morgan fingerprint density at radius 3 is 2.71 bits per heavy atom. The van der Waals surface area contributed by atoms with E-state index in [4.69, 9.17) is 5.26 Å². The van der Waals surface area contributed by atoms with Gasteiger partial charge in [0.15, 0.2) is 0 Å². The van der Waals surface area contributed by atoms with Crippen molar-refractivity contribution in [3.8, 4) is 6.07 Å². The van der Waals surface area contributed by atoms with Gasteiger partial charge in [-0.3, -0.25) is 14.5 Å². The van der Waals surface area contributed by atoms with E-state index in [1.807, 2.05) is 6.07 Å². The molecule has 102 valence electrons. The van der Waals surface area contributed by atoms with E-state index in [0.29, 0.717) is 16.8 Å². The molecule has 0 radical (unpaired) electrons. The lowest BCUT2D eigenvalue weighted by atomic mass is 10.1. The molecule has 0 saturated carbocycles. The molecule has 1 aromatic carbocycles. The van der Waals surface area contributed by atoms with Gasteiger partial charge in [-0.05, 0) is 24.3 Å². The monoisotopic (exact) mass is 279 g/mol. The Morgan fingerprint density at radius 2 is 1.95 bits per heavy atom. The Morgan fingerprint density at radius 1 is 1.19 bits per heavy atom. The highest BCUT2D eigenvalue weighted by atomic mass is 16.2. The summed E-state index contributed by atoms with van der Waals surface area (Å²) in [6.07, 6.45) is 1.46. The zero-order chi connectivity index (χ0) is 15.0. The molecular formula is C14H9N5O2. The van der Waals surface area contributed by atoms with Crippen molar-refractivity contribution in [3.05, 3.63) is 47.3 Å². The van der Waals surface area contributed by atoms with Crippen molar-refractivity contribution in [2.24, 2.45) is 0 Å². The number of nitrogens with zero attached hydrogens (tertiary/aromatic N) is 4. The molecule has 7 nitrogen and oxygen atoms in total. The van der Waals surface area contributed by atoms with Gasteiger partial charge in [-0.1, -0.05) is 0 Å². The number of fused-ring (bicyclic) bond motifs is 1. The van der Waals surface area contributed by atoms with Gasteiger partial charge in [0.2, 0.25) is 5.95 Å². The minimum absolute atomic E-state index is 0.236. The van der Waals surface area contributed by atoms with E-state index in [1.165, 1.54) is 19.3 Å². The number of imide groups is 1. The number of benzene rings is 1. The molecule has 1 aliphatic heterocycles. The standard InChI is InChI=1S/C14H9N5O2/c1-19-12(20)10-3-2-8(6-11(10)13(19)21)17-14-16-5-4-9(7-15)18-14/h2-6H,1H3,(H,16,17,18). The van der Waals surface area contributed by atoms with Crippen LogP contribution >= 0.6 is 0 Å². The highest BCUT2D eigenvalue weighted by molar-refractivity contribution is 6.21. The van der Waals surface area contributed by atoms with Crippen LogP contribution in [-0.2, 0) is 0 Å². The van der Waals surface area contributed by atoms with Crippen molar-refractivity contribution in [2.75, 3.05) is 12.4 Å². The van der Waals surface area contributed by atoms with Gasteiger partial charge in [0.05, 0.1) is 11.1 Å². The number of amides is 2. The van der Waals surface area contributed by atoms with Gasteiger partial charge >= 0.3 is 0 Å². The normalized spacial score (nSPS) is 13.0. The molecule has 0 spiro atoms. The van der Waals surface area contributed by atoms with Gasteiger partial charge in [-0.15, -0.1) is 0 Å². The molecule has 3 rings (SSSR count). The molecule has 2 aromatic rings. The van der Waals surface area contributed by atoms with Crippen LogP contribution in [0.4, 0.5) is 11.6 Å². The first kappa shape index (κ1) is 12.7. The second kappa shape index (κ2) is 4.68. The van der Waals surface area contributed by atoms with Gasteiger partial charge in [0.1, 0.15) is 11.8 Å². The maximum absolute atomic E-state index is 11.9. The molecule has 1 aromatic heterocycles. The zero-order valence-electron chi connectivity index (χ0n) is 11.0. The van der Waals surface area contributed by atoms with Crippen LogP contribution in [0.15, 0.2) is 30.5 Å². The highest BCUT2D eigenvalue weighted by Crippen LogP contribution is 2.25. The van der Waals surface area contributed by atoms with Crippen molar-refractivity contribution in [1.29, 1.82) is 5.26 Å². The lowest BCUT2D eigenvalue weighted by Gasteiger charge is -2.05. The molecule has 2 heterocycles. The van der Waals surface area contributed by atoms with Gasteiger partial charge < -0.3 is 5.32 Å². The van der Waals surface area contributed by atoms with Crippen LogP contribution < -0.4 is 5.32 Å². The lowest BCUT2D eigenvalue weighted by molar-refractivity contribution is 0.0693. The third-order valence-corrected chi connectivity index (χ3v) is 3.12. The first-order valence-corrected chi connectivity index (χ1v) is 6.07. The van der Waals surface area contributed by atoms with Crippen LogP contribution in [-0.4, -0.2) is 33.7 Å². The molecule has 1 aliphatic rings. The molecule has 21 heavy (non-hydrogen) atoms. The predicted octanol–water partition coefficient (Wildman–Crippen LogP) is 1.32. The van der Waals surface area contributed by atoms with Gasteiger partial charge in [0.25, 0.3) is 11.8 Å². The molecule has 0 saturated heterocycles. The SMILES string of the molecule is CN1C(=O)c2ccc(Nc3nccc(C#N)n3)cc2C1=O. The first-order chi connectivity index (χ1) is 10.1. The van der Waals surface area contributed by atoms with Crippen molar-refractivity contribution < 1.29 is 9.59 Å². The molecule has 0 atom stereocenters. The average molecular weight is 279 g/mol. The summed E-state index contributed by atoms with van der Waals surface area (Å²) >= 11 is 0. The zero-order valence-corrected chi connectivity index (χ0v) is 11.0. The van der Waals surface area contributed by atoms with Crippen LogP contribution in [0.5, 0.6) is 0 Å². The minimum atomic E-state index is -0.342. The number of carbonyl (C=O) groups is 2. The fourth-order valence-corrected chi connectivity index (χ4v) is 2.05. The Bertz CT molecular complexity index is 809. The van der Waals surface area contributed by atoms with E-state index in [9.17, 15) is 9.59 Å². The van der Waals surface area contributed by atoms with Gasteiger partial charge in [-0.25, -0.2) is 9.97 Å². The van der Waals surface area contributed by atoms with Gasteiger partial charge in [-0.2, -0.15) is 5.26 Å². The van der Waals surface area contributed by atoms with E-state index < -0.39 is 0 Å². The first-order valence-electron chi connectivity index (χ1n) is 6.07. The highest BCUT2D eigenvalue weighted by Gasteiger charge is 2.32. The summed E-state index contributed by atoms with van der Waals surface area (Å²) in [7, 11) is 1.44. The van der Waals surface area contributed by atoms with Crippen molar-refractivity contribution >= 4 is 23.5 Å². The third-order valence-electron chi connectivity index (χ3n) is 3.12. The number of aromatic nitrogens is 2. The maximum Gasteiger partial charge on any atom is 0.261 e. The fourth-order valence-electron chi connectivity index (χ4n) is 2.05. The summed E-state index contributed by atoms with van der Waals surface area (Å²) in [6, 6.07) is 8.22. The smallest absolute Gasteiger partial charge is 0.261 e. The van der Waals surface area contributed by atoms with Crippen molar-refractivity contribution in [1.82, 2.24) is 14.9 Å². The predicted molar refractivity (Wildman–Crippen MR) is 72.9 cm³/mol. The van der Waals surface area contributed by atoms with Crippen molar-refractivity contribution in [3.63, 3.8) is 0 Å². The summed E-state index contributed by atoms with van der Waals surface area (Å²) in [6.45, 7) is 0. The number of carbonyl (C=O) groups excluding carboxylic acids is 2. The summed E-state index contributed by atoms with van der Waals surface area (Å²) in [5.74, 6) is -0.409. The summed E-state index contributed by atoms with van der Waals surface area (Å²) in [5.41, 5.74) is 1.52. The minimum Gasteiger partial charge on any atom is -0.324 e. The number of nitriles is 1.